The number of carbonyl (C=O) groups is 1. The molecule has 3 rings (SSSR count). The van der Waals surface area contributed by atoms with Crippen LogP contribution in [0.5, 0.6) is 11.5 Å². The minimum Gasteiger partial charge on any atom is -0.497 e. The Morgan fingerprint density at radius 3 is 2.61 bits per heavy atom. The summed E-state index contributed by atoms with van der Waals surface area (Å²) in [6.45, 7) is 2.12. The monoisotopic (exact) mass is 398 g/mol. The van der Waals surface area contributed by atoms with Crippen molar-refractivity contribution in [2.24, 2.45) is 0 Å². The van der Waals surface area contributed by atoms with Crippen molar-refractivity contribution in [2.75, 3.05) is 20.0 Å². The van der Waals surface area contributed by atoms with Crippen molar-refractivity contribution in [3.05, 3.63) is 65.5 Å². The number of aromatic nitrogens is 2. The maximum atomic E-state index is 12.5. The molecular formula is C21H22N2O4S. The highest BCUT2D eigenvalue weighted by Gasteiger charge is 2.17. The highest BCUT2D eigenvalue weighted by molar-refractivity contribution is 7.99. The molecule has 0 amide bonds. The number of hydrogen-bond acceptors (Lipinski definition) is 7. The number of Topliss-reactive ketones (excluding diaryl/α,β-unsaturated/α-hetero) is 1. The molecule has 0 radical (unpaired) electrons. The molecule has 1 unspecified atom stereocenters. The van der Waals surface area contributed by atoms with Crippen LogP contribution in [0.3, 0.4) is 0 Å². The molecule has 1 atom stereocenters. The number of ether oxygens (including phenoxy) is 2. The first-order valence-electron chi connectivity index (χ1n) is 8.86. The van der Waals surface area contributed by atoms with E-state index in [1.807, 2.05) is 18.2 Å². The van der Waals surface area contributed by atoms with Crippen LogP contribution in [-0.4, -0.2) is 36.0 Å². The van der Waals surface area contributed by atoms with E-state index in [4.69, 9.17) is 13.9 Å². The Bertz CT molecular complexity index is 927. The first-order valence-corrected chi connectivity index (χ1v) is 9.84. The zero-order valence-corrected chi connectivity index (χ0v) is 16.9. The highest BCUT2D eigenvalue weighted by atomic mass is 32.2. The number of methoxy groups -OCH3 is 2. The molecule has 3 aromatic rings. The Morgan fingerprint density at radius 1 is 1.11 bits per heavy atom. The summed E-state index contributed by atoms with van der Waals surface area (Å²) in [5.74, 6) is 2.04. The van der Waals surface area contributed by atoms with E-state index in [-0.39, 0.29) is 17.5 Å². The first-order chi connectivity index (χ1) is 13.6. The third-order valence-corrected chi connectivity index (χ3v) is 5.15. The van der Waals surface area contributed by atoms with Gasteiger partial charge in [-0.25, -0.2) is 0 Å². The van der Waals surface area contributed by atoms with Crippen LogP contribution < -0.4 is 9.47 Å². The molecule has 28 heavy (non-hydrogen) atoms. The minimum absolute atomic E-state index is 0.0816. The Balaban J connectivity index is 1.59. The van der Waals surface area contributed by atoms with Gasteiger partial charge in [0.1, 0.15) is 11.5 Å². The SMILES string of the molecule is COc1ccc(C(=O)CSc2nnc(CC(C)c3ccccc3)o2)c(OC)c1. The summed E-state index contributed by atoms with van der Waals surface area (Å²) in [7, 11) is 3.09. The Hall–Kier alpha value is -2.80. The summed E-state index contributed by atoms with van der Waals surface area (Å²) in [5.41, 5.74) is 1.71. The lowest BCUT2D eigenvalue weighted by molar-refractivity contribution is 0.101. The normalized spacial score (nSPS) is 11.8. The highest BCUT2D eigenvalue weighted by Crippen LogP contribution is 2.27. The fourth-order valence-electron chi connectivity index (χ4n) is 2.77. The number of carbonyl (C=O) groups excluding carboxylic acids is 1. The van der Waals surface area contributed by atoms with Crippen molar-refractivity contribution in [3.8, 4) is 11.5 Å². The largest absolute Gasteiger partial charge is 0.497 e. The molecule has 0 aliphatic rings. The molecular weight excluding hydrogens is 376 g/mol. The number of thioether (sulfide) groups is 1. The van der Waals surface area contributed by atoms with Gasteiger partial charge in [-0.2, -0.15) is 0 Å². The third-order valence-electron chi connectivity index (χ3n) is 4.33. The maximum Gasteiger partial charge on any atom is 0.277 e. The second-order valence-electron chi connectivity index (χ2n) is 6.26. The Kier molecular flexibility index (Phi) is 6.71. The molecule has 146 valence electrons. The fraction of sp³-hybridized carbons (Fsp3) is 0.286. The quantitative estimate of drug-likeness (QED) is 0.390. The average molecular weight is 398 g/mol. The Morgan fingerprint density at radius 2 is 1.89 bits per heavy atom. The van der Waals surface area contributed by atoms with Crippen LogP contribution in [-0.2, 0) is 6.42 Å². The van der Waals surface area contributed by atoms with Gasteiger partial charge in [-0.05, 0) is 23.6 Å². The number of benzene rings is 2. The van der Waals surface area contributed by atoms with Crippen LogP contribution >= 0.6 is 11.8 Å². The third kappa shape index (κ3) is 4.92. The van der Waals surface area contributed by atoms with Gasteiger partial charge in [-0.15, -0.1) is 10.2 Å². The first kappa shape index (κ1) is 19.9. The molecule has 0 fully saturated rings. The second-order valence-corrected chi connectivity index (χ2v) is 7.18. The molecule has 1 aromatic heterocycles. The zero-order chi connectivity index (χ0) is 19.9. The standard InChI is InChI=1S/C21H22N2O4S/c1-14(15-7-5-4-6-8-15)11-20-22-23-21(27-20)28-13-18(24)17-10-9-16(25-2)12-19(17)26-3/h4-10,12,14H,11,13H2,1-3H3. The van der Waals surface area contributed by atoms with Crippen molar-refractivity contribution in [1.82, 2.24) is 10.2 Å². The van der Waals surface area contributed by atoms with Crippen molar-refractivity contribution < 1.29 is 18.7 Å². The smallest absolute Gasteiger partial charge is 0.277 e. The molecule has 0 spiro atoms. The van der Waals surface area contributed by atoms with E-state index in [0.717, 1.165) is 0 Å². The van der Waals surface area contributed by atoms with Crippen LogP contribution in [0.2, 0.25) is 0 Å². The lowest BCUT2D eigenvalue weighted by atomic mass is 9.98. The van der Waals surface area contributed by atoms with E-state index in [1.165, 1.54) is 24.4 Å². The van der Waals surface area contributed by atoms with Crippen LogP contribution in [0, 0.1) is 0 Å². The van der Waals surface area contributed by atoms with Gasteiger partial charge in [0.2, 0.25) is 5.89 Å². The van der Waals surface area contributed by atoms with Crippen LogP contribution in [0.1, 0.15) is 34.7 Å². The molecule has 0 aliphatic heterocycles. The van der Waals surface area contributed by atoms with Gasteiger partial charge in [-0.3, -0.25) is 4.79 Å². The van der Waals surface area contributed by atoms with Gasteiger partial charge < -0.3 is 13.9 Å². The second kappa shape index (κ2) is 9.41. The number of hydrogen-bond donors (Lipinski definition) is 0. The van der Waals surface area contributed by atoms with Crippen molar-refractivity contribution >= 4 is 17.5 Å². The summed E-state index contributed by atoms with van der Waals surface area (Å²) >= 11 is 1.22. The number of rotatable bonds is 9. The van der Waals surface area contributed by atoms with Gasteiger partial charge in [0.25, 0.3) is 5.22 Å². The summed E-state index contributed by atoms with van der Waals surface area (Å²) < 4.78 is 16.1. The van der Waals surface area contributed by atoms with E-state index >= 15 is 0 Å². The van der Waals surface area contributed by atoms with E-state index in [2.05, 4.69) is 29.3 Å². The molecule has 7 heteroatoms. The topological polar surface area (TPSA) is 74.5 Å². The number of ketones is 1. The van der Waals surface area contributed by atoms with Gasteiger partial charge >= 0.3 is 0 Å². The van der Waals surface area contributed by atoms with Crippen LogP contribution in [0.25, 0.3) is 0 Å². The van der Waals surface area contributed by atoms with Crippen LogP contribution in [0.4, 0.5) is 0 Å². The summed E-state index contributed by atoms with van der Waals surface area (Å²) in [6, 6.07) is 15.3. The number of nitrogens with zero attached hydrogens (tertiary/aromatic N) is 2. The summed E-state index contributed by atoms with van der Waals surface area (Å²) in [6.07, 6.45) is 0.651. The van der Waals surface area contributed by atoms with E-state index in [9.17, 15) is 4.79 Å². The van der Waals surface area contributed by atoms with Crippen molar-refractivity contribution in [3.63, 3.8) is 0 Å². The minimum atomic E-state index is -0.0816. The molecule has 2 aromatic carbocycles. The Labute approximate surface area is 168 Å². The summed E-state index contributed by atoms with van der Waals surface area (Å²) in [4.78, 5) is 12.5. The molecule has 0 saturated heterocycles. The fourth-order valence-corrected chi connectivity index (χ4v) is 3.44. The molecule has 0 bridgehead atoms. The van der Waals surface area contributed by atoms with Gasteiger partial charge in [0.15, 0.2) is 5.78 Å². The predicted molar refractivity (Wildman–Crippen MR) is 107 cm³/mol. The van der Waals surface area contributed by atoms with E-state index in [1.54, 1.807) is 25.3 Å². The molecule has 0 aliphatic carbocycles. The van der Waals surface area contributed by atoms with Crippen molar-refractivity contribution in [2.45, 2.75) is 24.5 Å². The molecule has 0 saturated carbocycles. The van der Waals surface area contributed by atoms with E-state index in [0.29, 0.717) is 34.6 Å². The molecule has 0 N–H and O–H groups in total. The lowest BCUT2D eigenvalue weighted by Crippen LogP contribution is -2.05. The van der Waals surface area contributed by atoms with Gasteiger partial charge in [-0.1, -0.05) is 49.0 Å². The van der Waals surface area contributed by atoms with Crippen LogP contribution in [0.15, 0.2) is 58.2 Å². The average Bonchev–Trinajstić information content (AvgIpc) is 3.19. The van der Waals surface area contributed by atoms with Gasteiger partial charge in [0.05, 0.1) is 25.5 Å². The summed E-state index contributed by atoms with van der Waals surface area (Å²) in [5, 5.41) is 8.53. The predicted octanol–water partition coefficient (Wildman–Crippen LogP) is 4.41. The zero-order valence-electron chi connectivity index (χ0n) is 16.0. The van der Waals surface area contributed by atoms with E-state index < -0.39 is 0 Å². The molecule has 1 heterocycles. The van der Waals surface area contributed by atoms with Crippen molar-refractivity contribution in [1.29, 1.82) is 0 Å². The lowest BCUT2D eigenvalue weighted by Gasteiger charge is -2.09. The van der Waals surface area contributed by atoms with Gasteiger partial charge in [0, 0.05) is 12.5 Å². The molecule has 6 nitrogen and oxygen atoms in total. The maximum absolute atomic E-state index is 12.5.